The van der Waals surface area contributed by atoms with Gasteiger partial charge in [-0.05, 0) is 18.8 Å². The van der Waals surface area contributed by atoms with Crippen LogP contribution < -0.4 is 5.73 Å². The second-order valence-corrected chi connectivity index (χ2v) is 4.59. The second kappa shape index (κ2) is 5.91. The Balaban J connectivity index is 2.53. The van der Waals surface area contributed by atoms with Crippen molar-refractivity contribution in [1.29, 1.82) is 0 Å². The predicted molar refractivity (Wildman–Crippen MR) is 63.7 cm³/mol. The van der Waals surface area contributed by atoms with E-state index in [1.807, 2.05) is 6.20 Å². The van der Waals surface area contributed by atoms with Gasteiger partial charge >= 0.3 is 0 Å². The van der Waals surface area contributed by atoms with Crippen molar-refractivity contribution in [2.24, 2.45) is 11.7 Å². The summed E-state index contributed by atoms with van der Waals surface area (Å²) in [4.78, 5) is 4.37. The number of imidazole rings is 1. The molecule has 1 aromatic rings. The minimum absolute atomic E-state index is 0.241. The zero-order chi connectivity index (χ0) is 11.3. The van der Waals surface area contributed by atoms with Crippen LogP contribution in [0.4, 0.5) is 0 Å². The Morgan fingerprint density at radius 2 is 2.20 bits per heavy atom. The van der Waals surface area contributed by atoms with E-state index in [2.05, 4.69) is 36.5 Å². The van der Waals surface area contributed by atoms with Crippen molar-refractivity contribution in [2.75, 3.05) is 0 Å². The first-order valence-electron chi connectivity index (χ1n) is 5.89. The normalized spacial score (nSPS) is 13.4. The Morgan fingerprint density at radius 3 is 2.80 bits per heavy atom. The molecule has 0 aromatic carbocycles. The molecule has 86 valence electrons. The van der Waals surface area contributed by atoms with Crippen molar-refractivity contribution in [1.82, 2.24) is 9.55 Å². The molecule has 0 aliphatic rings. The third-order valence-electron chi connectivity index (χ3n) is 2.72. The topological polar surface area (TPSA) is 43.8 Å². The van der Waals surface area contributed by atoms with Crippen LogP contribution in [-0.2, 0) is 13.0 Å². The zero-order valence-electron chi connectivity index (χ0n) is 10.1. The fraction of sp³-hybridized carbons (Fsp3) is 0.750. The molecule has 0 spiro atoms. The zero-order valence-corrected chi connectivity index (χ0v) is 10.1. The van der Waals surface area contributed by atoms with Gasteiger partial charge < -0.3 is 10.3 Å². The van der Waals surface area contributed by atoms with Crippen LogP contribution in [0, 0.1) is 5.92 Å². The van der Waals surface area contributed by atoms with Gasteiger partial charge in [-0.15, -0.1) is 0 Å². The van der Waals surface area contributed by atoms with E-state index in [9.17, 15) is 0 Å². The summed E-state index contributed by atoms with van der Waals surface area (Å²) in [5, 5.41) is 0. The van der Waals surface area contributed by atoms with Crippen LogP contribution in [0.3, 0.4) is 0 Å². The maximum absolute atomic E-state index is 5.94. The summed E-state index contributed by atoms with van der Waals surface area (Å²) >= 11 is 0. The Labute approximate surface area is 92.7 Å². The molecule has 1 heterocycles. The van der Waals surface area contributed by atoms with Gasteiger partial charge in [-0.3, -0.25) is 0 Å². The lowest BCUT2D eigenvalue weighted by Gasteiger charge is -2.12. The number of nitrogens with two attached hydrogens (primary N) is 1. The first kappa shape index (κ1) is 12.2. The van der Waals surface area contributed by atoms with Gasteiger partial charge in [-0.2, -0.15) is 0 Å². The van der Waals surface area contributed by atoms with Gasteiger partial charge in [0.25, 0.3) is 0 Å². The van der Waals surface area contributed by atoms with E-state index in [4.69, 9.17) is 5.73 Å². The molecule has 0 saturated heterocycles. The molecule has 0 bridgehead atoms. The van der Waals surface area contributed by atoms with Gasteiger partial charge in [0.2, 0.25) is 0 Å². The maximum Gasteiger partial charge on any atom is 0.110 e. The fourth-order valence-corrected chi connectivity index (χ4v) is 1.51. The molecule has 0 saturated carbocycles. The van der Waals surface area contributed by atoms with Crippen LogP contribution in [0.5, 0.6) is 0 Å². The Hall–Kier alpha value is -0.830. The average molecular weight is 209 g/mol. The van der Waals surface area contributed by atoms with Gasteiger partial charge in [-0.25, -0.2) is 4.98 Å². The monoisotopic (exact) mass is 209 g/mol. The lowest BCUT2D eigenvalue weighted by atomic mass is 10.1. The highest BCUT2D eigenvalue weighted by Gasteiger charge is 2.07. The van der Waals surface area contributed by atoms with Crippen LogP contribution in [-0.4, -0.2) is 15.6 Å². The van der Waals surface area contributed by atoms with Crippen molar-refractivity contribution in [3.05, 3.63) is 18.2 Å². The maximum atomic E-state index is 5.94. The lowest BCUT2D eigenvalue weighted by Crippen LogP contribution is -2.23. The molecule has 0 radical (unpaired) electrons. The van der Waals surface area contributed by atoms with E-state index in [1.54, 1.807) is 0 Å². The molecule has 0 amide bonds. The van der Waals surface area contributed by atoms with E-state index in [0.717, 1.165) is 31.1 Å². The van der Waals surface area contributed by atoms with Crippen molar-refractivity contribution in [3.8, 4) is 0 Å². The van der Waals surface area contributed by atoms with Crippen LogP contribution in [0.2, 0.25) is 0 Å². The molecule has 1 aromatic heterocycles. The predicted octanol–water partition coefficient (Wildman–Crippen LogP) is 2.21. The molecule has 0 aliphatic carbocycles. The summed E-state index contributed by atoms with van der Waals surface area (Å²) in [5.74, 6) is 1.87. The minimum atomic E-state index is 0.241. The molecule has 0 aliphatic heterocycles. The van der Waals surface area contributed by atoms with E-state index in [-0.39, 0.29) is 6.04 Å². The van der Waals surface area contributed by atoms with Gasteiger partial charge in [0.15, 0.2) is 0 Å². The molecular weight excluding hydrogens is 186 g/mol. The fourth-order valence-electron chi connectivity index (χ4n) is 1.51. The number of hydrogen-bond acceptors (Lipinski definition) is 2. The SMILES string of the molecule is CCC(N)Cc1nccn1CCC(C)C. The van der Waals surface area contributed by atoms with Gasteiger partial charge in [0.05, 0.1) is 0 Å². The lowest BCUT2D eigenvalue weighted by molar-refractivity contribution is 0.495. The third kappa shape index (κ3) is 4.04. The standard InChI is InChI=1S/C12H23N3/c1-4-11(13)9-12-14-6-8-15(12)7-5-10(2)3/h6,8,10-11H,4-5,7,9,13H2,1-3H3. The van der Waals surface area contributed by atoms with Crippen LogP contribution >= 0.6 is 0 Å². The number of rotatable bonds is 6. The molecule has 15 heavy (non-hydrogen) atoms. The first-order valence-corrected chi connectivity index (χ1v) is 5.89. The highest BCUT2D eigenvalue weighted by molar-refractivity contribution is 4.95. The first-order chi connectivity index (χ1) is 7.13. The molecule has 0 fully saturated rings. The number of aromatic nitrogens is 2. The summed E-state index contributed by atoms with van der Waals surface area (Å²) in [6.45, 7) is 7.66. The highest BCUT2D eigenvalue weighted by atomic mass is 15.1. The van der Waals surface area contributed by atoms with E-state index in [1.165, 1.54) is 6.42 Å². The Morgan fingerprint density at radius 1 is 1.47 bits per heavy atom. The number of nitrogens with zero attached hydrogens (tertiary/aromatic N) is 2. The quantitative estimate of drug-likeness (QED) is 0.780. The van der Waals surface area contributed by atoms with Gasteiger partial charge in [0.1, 0.15) is 5.82 Å². The largest absolute Gasteiger partial charge is 0.335 e. The summed E-state index contributed by atoms with van der Waals surface area (Å²) in [6.07, 6.45) is 7.03. The molecule has 1 unspecified atom stereocenters. The Bertz CT molecular complexity index is 278. The van der Waals surface area contributed by atoms with E-state index >= 15 is 0 Å². The molecule has 1 rings (SSSR count). The van der Waals surface area contributed by atoms with Crippen LogP contribution in [0.25, 0.3) is 0 Å². The van der Waals surface area contributed by atoms with Crippen molar-refractivity contribution in [3.63, 3.8) is 0 Å². The highest BCUT2D eigenvalue weighted by Crippen LogP contribution is 2.07. The van der Waals surface area contributed by atoms with Gasteiger partial charge in [0, 0.05) is 31.4 Å². The number of aryl methyl sites for hydroxylation is 1. The molecule has 1 atom stereocenters. The summed E-state index contributed by atoms with van der Waals surface area (Å²) in [7, 11) is 0. The molecule has 3 heteroatoms. The van der Waals surface area contributed by atoms with Crippen LogP contribution in [0.1, 0.15) is 39.4 Å². The third-order valence-corrected chi connectivity index (χ3v) is 2.72. The smallest absolute Gasteiger partial charge is 0.110 e. The van der Waals surface area contributed by atoms with Crippen molar-refractivity contribution >= 4 is 0 Å². The average Bonchev–Trinajstić information content (AvgIpc) is 2.62. The van der Waals surface area contributed by atoms with Gasteiger partial charge in [-0.1, -0.05) is 20.8 Å². The minimum Gasteiger partial charge on any atom is -0.335 e. The Kier molecular flexibility index (Phi) is 4.82. The van der Waals surface area contributed by atoms with Crippen molar-refractivity contribution in [2.45, 2.75) is 52.6 Å². The second-order valence-electron chi connectivity index (χ2n) is 4.59. The molecule has 2 N–H and O–H groups in total. The summed E-state index contributed by atoms with van der Waals surface area (Å²) in [5.41, 5.74) is 5.94. The van der Waals surface area contributed by atoms with Crippen LogP contribution in [0.15, 0.2) is 12.4 Å². The summed E-state index contributed by atoms with van der Waals surface area (Å²) in [6, 6.07) is 0.241. The number of hydrogen-bond donors (Lipinski definition) is 1. The van der Waals surface area contributed by atoms with Crippen molar-refractivity contribution < 1.29 is 0 Å². The van der Waals surface area contributed by atoms with E-state index < -0.39 is 0 Å². The molecule has 3 nitrogen and oxygen atoms in total. The summed E-state index contributed by atoms with van der Waals surface area (Å²) < 4.78 is 2.23. The molecular formula is C12H23N3. The van der Waals surface area contributed by atoms with E-state index in [0.29, 0.717) is 0 Å².